The fourth-order valence-corrected chi connectivity index (χ4v) is 3.23. The summed E-state index contributed by atoms with van der Waals surface area (Å²) in [6.45, 7) is 6.57. The van der Waals surface area contributed by atoms with Crippen molar-refractivity contribution in [3.05, 3.63) is 77.4 Å². The predicted octanol–water partition coefficient (Wildman–Crippen LogP) is 6.77. The highest BCUT2D eigenvalue weighted by Crippen LogP contribution is 2.33. The average molecular weight is 318 g/mol. The van der Waals surface area contributed by atoms with E-state index in [0.717, 1.165) is 12.2 Å². The van der Waals surface area contributed by atoms with E-state index in [1.54, 1.807) is 0 Å². The molecule has 0 spiro atoms. The van der Waals surface area contributed by atoms with Crippen LogP contribution in [0.1, 0.15) is 49.0 Å². The molecule has 0 aliphatic carbocycles. The van der Waals surface area contributed by atoms with Crippen molar-refractivity contribution in [3.63, 3.8) is 0 Å². The molecule has 1 atom stereocenters. The fourth-order valence-electron chi connectivity index (χ4n) is 3.23. The maximum atomic E-state index is 6.55. The summed E-state index contributed by atoms with van der Waals surface area (Å²) in [6, 6.07) is 21.4. The molecule has 0 fully saturated rings. The highest BCUT2D eigenvalue weighted by molar-refractivity contribution is 5.88. The molecule has 0 amide bonds. The van der Waals surface area contributed by atoms with Gasteiger partial charge in [0.05, 0.1) is 0 Å². The number of hydrogen-bond acceptors (Lipinski definition) is 1. The normalized spacial score (nSPS) is 12.3. The Kier molecular flexibility index (Phi) is 5.20. The van der Waals surface area contributed by atoms with Crippen molar-refractivity contribution in [3.8, 4) is 5.75 Å². The summed E-state index contributed by atoms with van der Waals surface area (Å²) in [4.78, 5) is 0. The third-order valence-corrected chi connectivity index (χ3v) is 4.62. The van der Waals surface area contributed by atoms with Gasteiger partial charge >= 0.3 is 0 Å². The molecule has 24 heavy (non-hydrogen) atoms. The average Bonchev–Trinajstić information content (AvgIpc) is 2.61. The molecule has 0 aromatic heterocycles. The molecule has 1 unspecified atom stereocenters. The predicted molar refractivity (Wildman–Crippen MR) is 103 cm³/mol. The van der Waals surface area contributed by atoms with E-state index in [1.165, 1.54) is 40.3 Å². The van der Waals surface area contributed by atoms with E-state index in [1.807, 2.05) is 0 Å². The molecule has 0 saturated heterocycles. The zero-order valence-electron chi connectivity index (χ0n) is 14.9. The maximum Gasteiger partial charge on any atom is 0.128 e. The van der Waals surface area contributed by atoms with Crippen molar-refractivity contribution in [2.45, 2.75) is 46.1 Å². The van der Waals surface area contributed by atoms with Crippen LogP contribution in [0.4, 0.5) is 0 Å². The first-order valence-corrected chi connectivity index (χ1v) is 8.90. The SMILES string of the molecule is CCCCC(Oc1cccc2ccccc12)c1cc(C)ccc1C. The van der Waals surface area contributed by atoms with Crippen LogP contribution in [0.2, 0.25) is 0 Å². The van der Waals surface area contributed by atoms with Crippen LogP contribution in [0.5, 0.6) is 5.75 Å². The van der Waals surface area contributed by atoms with Gasteiger partial charge in [0.25, 0.3) is 0 Å². The van der Waals surface area contributed by atoms with Crippen molar-refractivity contribution < 1.29 is 4.74 Å². The Balaban J connectivity index is 1.98. The van der Waals surface area contributed by atoms with Gasteiger partial charge in [-0.3, -0.25) is 0 Å². The Morgan fingerprint density at radius 3 is 2.54 bits per heavy atom. The van der Waals surface area contributed by atoms with Crippen molar-refractivity contribution >= 4 is 10.8 Å². The number of ether oxygens (including phenoxy) is 1. The lowest BCUT2D eigenvalue weighted by Gasteiger charge is -2.23. The molecule has 124 valence electrons. The second-order valence-corrected chi connectivity index (χ2v) is 6.59. The summed E-state index contributed by atoms with van der Waals surface area (Å²) in [5, 5.41) is 2.41. The molecule has 0 radical (unpaired) electrons. The molecular formula is C23H26O. The van der Waals surface area contributed by atoms with Crippen LogP contribution in [0, 0.1) is 13.8 Å². The molecule has 3 rings (SSSR count). The maximum absolute atomic E-state index is 6.55. The van der Waals surface area contributed by atoms with Gasteiger partial charge in [-0.05, 0) is 49.3 Å². The van der Waals surface area contributed by atoms with Gasteiger partial charge in [-0.2, -0.15) is 0 Å². The van der Waals surface area contributed by atoms with Crippen LogP contribution in [0.15, 0.2) is 60.7 Å². The first kappa shape index (κ1) is 16.6. The highest BCUT2D eigenvalue weighted by atomic mass is 16.5. The topological polar surface area (TPSA) is 9.23 Å². The van der Waals surface area contributed by atoms with Crippen LogP contribution in [-0.2, 0) is 0 Å². The lowest BCUT2D eigenvalue weighted by Crippen LogP contribution is -2.10. The molecule has 1 heteroatoms. The number of unbranched alkanes of at least 4 members (excludes halogenated alkanes) is 1. The van der Waals surface area contributed by atoms with E-state index < -0.39 is 0 Å². The first-order valence-electron chi connectivity index (χ1n) is 8.90. The molecular weight excluding hydrogens is 292 g/mol. The van der Waals surface area contributed by atoms with Crippen molar-refractivity contribution in [1.29, 1.82) is 0 Å². The molecule has 0 N–H and O–H groups in total. The standard InChI is InChI=1S/C23H26O/c1-4-5-12-23(21-16-17(2)14-15-18(21)3)24-22-13-8-10-19-9-6-7-11-20(19)22/h6-11,13-16,23H,4-5,12H2,1-3H3. The summed E-state index contributed by atoms with van der Waals surface area (Å²) in [7, 11) is 0. The Labute approximate surface area is 145 Å². The summed E-state index contributed by atoms with van der Waals surface area (Å²) < 4.78 is 6.55. The van der Waals surface area contributed by atoms with Crippen molar-refractivity contribution in [2.75, 3.05) is 0 Å². The van der Waals surface area contributed by atoms with E-state index in [2.05, 4.69) is 81.4 Å². The molecule has 1 nitrogen and oxygen atoms in total. The Morgan fingerprint density at radius 2 is 1.71 bits per heavy atom. The van der Waals surface area contributed by atoms with Gasteiger partial charge in [-0.25, -0.2) is 0 Å². The van der Waals surface area contributed by atoms with Gasteiger partial charge in [0.2, 0.25) is 0 Å². The van der Waals surface area contributed by atoms with Gasteiger partial charge in [0.15, 0.2) is 0 Å². The minimum Gasteiger partial charge on any atom is -0.485 e. The second-order valence-electron chi connectivity index (χ2n) is 6.59. The van der Waals surface area contributed by atoms with Gasteiger partial charge in [-0.15, -0.1) is 0 Å². The first-order chi connectivity index (χ1) is 11.7. The van der Waals surface area contributed by atoms with Crippen LogP contribution >= 0.6 is 0 Å². The number of rotatable bonds is 6. The minimum atomic E-state index is 0.107. The molecule has 0 aliphatic rings. The molecule has 3 aromatic rings. The molecule has 3 aromatic carbocycles. The van der Waals surface area contributed by atoms with Gasteiger partial charge in [0.1, 0.15) is 11.9 Å². The summed E-state index contributed by atoms with van der Waals surface area (Å²) in [5.41, 5.74) is 3.91. The van der Waals surface area contributed by atoms with Crippen LogP contribution in [-0.4, -0.2) is 0 Å². The van der Waals surface area contributed by atoms with Gasteiger partial charge in [-0.1, -0.05) is 73.5 Å². The smallest absolute Gasteiger partial charge is 0.128 e. The third kappa shape index (κ3) is 3.62. The largest absolute Gasteiger partial charge is 0.485 e. The van der Waals surface area contributed by atoms with Gasteiger partial charge < -0.3 is 4.74 Å². The summed E-state index contributed by atoms with van der Waals surface area (Å²) >= 11 is 0. The zero-order chi connectivity index (χ0) is 16.9. The summed E-state index contributed by atoms with van der Waals surface area (Å²) in [5.74, 6) is 0.982. The van der Waals surface area contributed by atoms with E-state index in [0.29, 0.717) is 0 Å². The van der Waals surface area contributed by atoms with E-state index in [9.17, 15) is 0 Å². The van der Waals surface area contributed by atoms with Crippen molar-refractivity contribution in [1.82, 2.24) is 0 Å². The number of aryl methyl sites for hydroxylation is 2. The fraction of sp³-hybridized carbons (Fsp3) is 0.304. The molecule has 0 aliphatic heterocycles. The highest BCUT2D eigenvalue weighted by Gasteiger charge is 2.17. The lowest BCUT2D eigenvalue weighted by atomic mass is 9.97. The third-order valence-electron chi connectivity index (χ3n) is 4.62. The summed E-state index contributed by atoms with van der Waals surface area (Å²) in [6.07, 6.45) is 3.50. The number of hydrogen-bond donors (Lipinski definition) is 0. The zero-order valence-corrected chi connectivity index (χ0v) is 14.9. The van der Waals surface area contributed by atoms with Crippen LogP contribution in [0.25, 0.3) is 10.8 Å². The van der Waals surface area contributed by atoms with E-state index in [-0.39, 0.29) is 6.10 Å². The Morgan fingerprint density at radius 1 is 0.917 bits per heavy atom. The molecule has 0 bridgehead atoms. The lowest BCUT2D eigenvalue weighted by molar-refractivity contribution is 0.193. The monoisotopic (exact) mass is 318 g/mol. The quantitative estimate of drug-likeness (QED) is 0.487. The Hall–Kier alpha value is -2.28. The molecule has 0 heterocycles. The van der Waals surface area contributed by atoms with Crippen LogP contribution < -0.4 is 4.74 Å². The van der Waals surface area contributed by atoms with Gasteiger partial charge in [0, 0.05) is 5.39 Å². The van der Waals surface area contributed by atoms with E-state index in [4.69, 9.17) is 4.74 Å². The van der Waals surface area contributed by atoms with Crippen molar-refractivity contribution in [2.24, 2.45) is 0 Å². The number of fused-ring (bicyclic) bond motifs is 1. The Bertz CT molecular complexity index is 814. The number of benzene rings is 3. The van der Waals surface area contributed by atoms with E-state index >= 15 is 0 Å². The van der Waals surface area contributed by atoms with Crippen LogP contribution in [0.3, 0.4) is 0 Å². The molecule has 0 saturated carbocycles. The second kappa shape index (κ2) is 7.53. The minimum absolute atomic E-state index is 0.107.